The SMILES string of the molecule is Cc1cc(C)n(-c2ccc(CCNC(=O)c3ccc(S(=O)(=O)N(C)C(C)C)cc3)cc2)n1. The van der Waals surface area contributed by atoms with Crippen LogP contribution in [-0.4, -0.2) is 48.0 Å². The lowest BCUT2D eigenvalue weighted by Crippen LogP contribution is -2.33. The topological polar surface area (TPSA) is 84.3 Å². The summed E-state index contributed by atoms with van der Waals surface area (Å²) in [5.74, 6) is -0.231. The smallest absolute Gasteiger partial charge is 0.251 e. The lowest BCUT2D eigenvalue weighted by atomic mass is 10.1. The van der Waals surface area contributed by atoms with E-state index in [1.165, 1.54) is 16.4 Å². The lowest BCUT2D eigenvalue weighted by Gasteiger charge is -2.21. The maximum absolute atomic E-state index is 12.5. The molecule has 3 aromatic rings. The molecule has 0 atom stereocenters. The number of carbonyl (C=O) groups is 1. The summed E-state index contributed by atoms with van der Waals surface area (Å²) in [6.45, 7) is 8.10. The molecular weight excluding hydrogens is 424 g/mol. The van der Waals surface area contributed by atoms with Crippen LogP contribution >= 0.6 is 0 Å². The highest BCUT2D eigenvalue weighted by Gasteiger charge is 2.23. The van der Waals surface area contributed by atoms with Crippen molar-refractivity contribution in [3.63, 3.8) is 0 Å². The van der Waals surface area contributed by atoms with Gasteiger partial charge in [0.05, 0.1) is 16.3 Å². The molecule has 0 radical (unpaired) electrons. The number of hydrogen-bond acceptors (Lipinski definition) is 4. The van der Waals surface area contributed by atoms with Crippen LogP contribution in [0.15, 0.2) is 59.5 Å². The summed E-state index contributed by atoms with van der Waals surface area (Å²) < 4.78 is 28.3. The van der Waals surface area contributed by atoms with Gasteiger partial charge in [-0.2, -0.15) is 9.40 Å². The highest BCUT2D eigenvalue weighted by Crippen LogP contribution is 2.17. The fourth-order valence-electron chi connectivity index (χ4n) is 3.34. The fraction of sp³-hybridized carbons (Fsp3) is 0.333. The molecular formula is C24H30N4O3S. The van der Waals surface area contributed by atoms with Gasteiger partial charge in [0.2, 0.25) is 10.0 Å². The first-order chi connectivity index (χ1) is 15.1. The van der Waals surface area contributed by atoms with Crippen LogP contribution in [0.5, 0.6) is 0 Å². The lowest BCUT2D eigenvalue weighted by molar-refractivity contribution is 0.0954. The normalized spacial score (nSPS) is 11.8. The summed E-state index contributed by atoms with van der Waals surface area (Å²) in [5, 5.41) is 7.38. The summed E-state index contributed by atoms with van der Waals surface area (Å²) in [5.41, 5.74) is 4.59. The van der Waals surface area contributed by atoms with Gasteiger partial charge in [0.1, 0.15) is 0 Å². The molecule has 1 amide bonds. The molecule has 0 fully saturated rings. The first kappa shape index (κ1) is 23.7. The zero-order chi connectivity index (χ0) is 23.5. The number of carbonyl (C=O) groups excluding carboxylic acids is 1. The van der Waals surface area contributed by atoms with Gasteiger partial charge in [-0.25, -0.2) is 13.1 Å². The summed E-state index contributed by atoms with van der Waals surface area (Å²) in [6.07, 6.45) is 0.689. The Morgan fingerprint density at radius 2 is 1.69 bits per heavy atom. The van der Waals surface area contributed by atoms with E-state index in [2.05, 4.69) is 10.4 Å². The van der Waals surface area contributed by atoms with Gasteiger partial charge < -0.3 is 5.32 Å². The van der Waals surface area contributed by atoms with Crippen LogP contribution < -0.4 is 5.32 Å². The second kappa shape index (κ2) is 9.67. The molecule has 3 rings (SSSR count). The number of sulfonamides is 1. The highest BCUT2D eigenvalue weighted by atomic mass is 32.2. The molecule has 0 bridgehead atoms. The van der Waals surface area contributed by atoms with Gasteiger partial charge in [-0.15, -0.1) is 0 Å². The van der Waals surface area contributed by atoms with Crippen molar-refractivity contribution in [1.29, 1.82) is 0 Å². The molecule has 0 aliphatic carbocycles. The van der Waals surface area contributed by atoms with Crippen molar-refractivity contribution in [2.75, 3.05) is 13.6 Å². The third-order valence-corrected chi connectivity index (χ3v) is 7.46. The van der Waals surface area contributed by atoms with Crippen LogP contribution in [0.25, 0.3) is 5.69 Å². The first-order valence-electron chi connectivity index (χ1n) is 10.6. The first-order valence-corrected chi connectivity index (χ1v) is 12.0. The average Bonchev–Trinajstić information content (AvgIpc) is 3.11. The number of nitrogens with one attached hydrogen (secondary N) is 1. The van der Waals surface area contributed by atoms with Crippen molar-refractivity contribution in [2.45, 2.75) is 45.1 Å². The highest BCUT2D eigenvalue weighted by molar-refractivity contribution is 7.89. The Balaban J connectivity index is 1.56. The van der Waals surface area contributed by atoms with Crippen molar-refractivity contribution >= 4 is 15.9 Å². The number of aromatic nitrogens is 2. The van der Waals surface area contributed by atoms with Crippen LogP contribution in [0.1, 0.15) is 41.2 Å². The third kappa shape index (κ3) is 5.26. The molecule has 2 aromatic carbocycles. The van der Waals surface area contributed by atoms with Crippen LogP contribution in [0.2, 0.25) is 0 Å². The maximum Gasteiger partial charge on any atom is 0.251 e. The number of amides is 1. The number of hydrogen-bond donors (Lipinski definition) is 1. The molecule has 170 valence electrons. The average molecular weight is 455 g/mol. The van der Waals surface area contributed by atoms with E-state index in [-0.39, 0.29) is 16.8 Å². The number of aryl methyl sites for hydroxylation is 2. The second-order valence-electron chi connectivity index (χ2n) is 8.15. The maximum atomic E-state index is 12.5. The molecule has 0 unspecified atom stereocenters. The van der Waals surface area contributed by atoms with Crippen LogP contribution in [0, 0.1) is 13.8 Å². The van der Waals surface area contributed by atoms with Crippen molar-refractivity contribution in [3.05, 3.63) is 77.1 Å². The van der Waals surface area contributed by atoms with Crippen molar-refractivity contribution in [3.8, 4) is 5.69 Å². The van der Waals surface area contributed by atoms with Gasteiger partial charge in [0, 0.05) is 30.9 Å². The molecule has 0 saturated heterocycles. The molecule has 1 N–H and O–H groups in total. The van der Waals surface area contributed by atoms with E-state index in [0.29, 0.717) is 18.5 Å². The number of benzene rings is 2. The summed E-state index contributed by atoms with van der Waals surface area (Å²) in [6, 6.07) is 16.0. The van der Waals surface area contributed by atoms with E-state index in [4.69, 9.17) is 0 Å². The van der Waals surface area contributed by atoms with E-state index in [1.54, 1.807) is 19.2 Å². The van der Waals surface area contributed by atoms with E-state index in [1.807, 2.05) is 62.7 Å². The van der Waals surface area contributed by atoms with Gasteiger partial charge in [0.15, 0.2) is 0 Å². The molecule has 8 heteroatoms. The van der Waals surface area contributed by atoms with Gasteiger partial charge in [0.25, 0.3) is 5.91 Å². The quantitative estimate of drug-likeness (QED) is 0.565. The van der Waals surface area contributed by atoms with Gasteiger partial charge in [-0.1, -0.05) is 12.1 Å². The van der Waals surface area contributed by atoms with Crippen LogP contribution in [0.3, 0.4) is 0 Å². The van der Waals surface area contributed by atoms with Gasteiger partial charge in [-0.05, 0) is 82.1 Å². The Labute approximate surface area is 190 Å². The number of rotatable bonds is 8. The summed E-state index contributed by atoms with van der Waals surface area (Å²) in [4.78, 5) is 12.6. The minimum absolute atomic E-state index is 0.148. The Hall–Kier alpha value is -2.97. The summed E-state index contributed by atoms with van der Waals surface area (Å²) in [7, 11) is -2.02. The molecule has 1 aromatic heterocycles. The van der Waals surface area contributed by atoms with E-state index in [0.717, 1.165) is 22.6 Å². The van der Waals surface area contributed by atoms with Gasteiger partial charge >= 0.3 is 0 Å². The van der Waals surface area contributed by atoms with E-state index < -0.39 is 10.0 Å². The minimum Gasteiger partial charge on any atom is -0.352 e. The van der Waals surface area contributed by atoms with Crippen molar-refractivity contribution < 1.29 is 13.2 Å². The van der Waals surface area contributed by atoms with E-state index >= 15 is 0 Å². The minimum atomic E-state index is -3.56. The van der Waals surface area contributed by atoms with Crippen LogP contribution in [-0.2, 0) is 16.4 Å². The Morgan fingerprint density at radius 3 is 2.22 bits per heavy atom. The van der Waals surface area contributed by atoms with Crippen molar-refractivity contribution in [2.24, 2.45) is 0 Å². The largest absolute Gasteiger partial charge is 0.352 e. The molecule has 0 aliphatic heterocycles. The zero-order valence-corrected chi connectivity index (χ0v) is 20.0. The molecule has 32 heavy (non-hydrogen) atoms. The Bertz CT molecular complexity index is 1180. The second-order valence-corrected chi connectivity index (χ2v) is 10.1. The standard InChI is InChI=1S/C24H30N4O3S/c1-17(2)27(5)32(30,31)23-12-8-21(9-13-23)24(29)25-15-14-20-6-10-22(11-7-20)28-19(4)16-18(3)26-28/h6-13,16-17H,14-15H2,1-5H3,(H,25,29). The fourth-order valence-corrected chi connectivity index (χ4v) is 4.71. The van der Waals surface area contributed by atoms with Gasteiger partial charge in [-0.3, -0.25) is 4.79 Å². The van der Waals surface area contributed by atoms with Crippen LogP contribution in [0.4, 0.5) is 0 Å². The third-order valence-electron chi connectivity index (χ3n) is 5.41. The molecule has 0 saturated carbocycles. The monoisotopic (exact) mass is 454 g/mol. The predicted molar refractivity (Wildman–Crippen MR) is 126 cm³/mol. The van der Waals surface area contributed by atoms with Crippen molar-refractivity contribution in [1.82, 2.24) is 19.4 Å². The molecule has 7 nitrogen and oxygen atoms in total. The van der Waals surface area contributed by atoms with E-state index in [9.17, 15) is 13.2 Å². The Kier molecular flexibility index (Phi) is 7.16. The molecule has 0 aliphatic rings. The molecule has 0 spiro atoms. The summed E-state index contributed by atoms with van der Waals surface area (Å²) >= 11 is 0. The zero-order valence-electron chi connectivity index (χ0n) is 19.2. The molecule has 1 heterocycles. The number of nitrogens with zero attached hydrogens (tertiary/aromatic N) is 3. The predicted octanol–water partition coefficient (Wildman–Crippen LogP) is 3.49. The Morgan fingerprint density at radius 1 is 1.06 bits per heavy atom.